The molecule has 0 aromatic heterocycles. The molecule has 0 aromatic carbocycles. The van der Waals surface area contributed by atoms with Crippen molar-refractivity contribution < 1.29 is 109 Å². The predicted octanol–water partition coefficient (Wildman–Crippen LogP) is -7.49. The zero-order valence-corrected chi connectivity index (χ0v) is 19.3. The van der Waals surface area contributed by atoms with Crippen LogP contribution in [-0.2, 0) is 20.1 Å². The summed E-state index contributed by atoms with van der Waals surface area (Å²) in [6.07, 6.45) is 0. The molecule has 0 fully saturated rings. The zero-order chi connectivity index (χ0) is 16.2. The van der Waals surface area contributed by atoms with Gasteiger partial charge in [-0.05, 0) is 0 Å². The first-order valence-corrected chi connectivity index (χ1v) is 2.19. The first-order valence-electron chi connectivity index (χ1n) is 2.19. The van der Waals surface area contributed by atoms with Crippen molar-refractivity contribution in [1.29, 1.82) is 0 Å². The van der Waals surface area contributed by atoms with Crippen molar-refractivity contribution in [2.45, 2.75) is 0 Å². The van der Waals surface area contributed by atoms with Crippen molar-refractivity contribution >= 4 is 0 Å². The minimum Gasteiger partial charge on any atom is -0.444 e. The minimum atomic E-state index is 0. The molecule has 0 amide bonds. The molecule has 18 nitrogen and oxygen atoms in total. The monoisotopic (exact) mass is 538 g/mol. The van der Waals surface area contributed by atoms with E-state index >= 15 is 0 Å². The van der Waals surface area contributed by atoms with E-state index in [1.165, 1.54) is 0 Å². The maximum atomic E-state index is 8.00. The van der Waals surface area contributed by atoms with E-state index in [0.717, 1.165) is 32.0 Å². The molecule has 0 aromatic rings. The Morgan fingerprint density at radius 1 is 0.364 bits per heavy atom. The second-order valence-corrected chi connectivity index (χ2v) is 0.447. The van der Waals surface area contributed by atoms with Crippen molar-refractivity contribution in [3.05, 3.63) is 60.7 Å². The number of rotatable bonds is 0. The van der Waals surface area contributed by atoms with Crippen molar-refractivity contribution in [2.75, 3.05) is 0 Å². The molecule has 0 radical (unpaired) electrons. The summed E-state index contributed by atoms with van der Waals surface area (Å²) in [6, 6.07) is 0. The van der Waals surface area contributed by atoms with Gasteiger partial charge in [0.15, 0.2) is 0 Å². The topological polar surface area (TPSA) is 315 Å². The number of hydrogen-bond donors (Lipinski definition) is 0. The van der Waals surface area contributed by atoms with Gasteiger partial charge in [0.25, 0.3) is 0 Å². The van der Waals surface area contributed by atoms with Gasteiger partial charge in [-0.2, -0.15) is 0 Å². The van der Waals surface area contributed by atoms with Gasteiger partial charge in [-0.15, -0.1) is 32.0 Å². The minimum absolute atomic E-state index is 0. The molecule has 22 heavy (non-hydrogen) atoms. The summed E-state index contributed by atoms with van der Waals surface area (Å²) in [6.45, 7) is 0. The third kappa shape index (κ3) is 2990000. The van der Waals surface area contributed by atoms with Gasteiger partial charge in [-0.3, -0.25) is 0 Å². The molecule has 0 spiro atoms. The molecular weight excluding hydrogens is 537 g/mol. The van der Waals surface area contributed by atoms with Crippen molar-refractivity contribution in [3.63, 3.8) is 0 Å². The van der Waals surface area contributed by atoms with Crippen molar-refractivity contribution in [1.82, 2.24) is 0 Å². The number of hydrogen-bond acceptors (Lipinski definition) is 18. The van der Waals surface area contributed by atoms with Gasteiger partial charge in [-0.25, -0.2) is 0 Å². The summed E-state index contributed by atoms with van der Waals surface area (Å²) < 4.78 is 0. The first kappa shape index (κ1) is 67.3. The van der Waals surface area contributed by atoms with E-state index in [2.05, 4.69) is 0 Å². The van der Waals surface area contributed by atoms with Gasteiger partial charge in [0.05, 0.1) is 0 Å². The fourth-order valence-electron chi connectivity index (χ4n) is 0. The molecule has 0 heterocycles. The predicted molar refractivity (Wildman–Crippen MR) is 55.0 cm³/mol. The zero-order valence-electron chi connectivity index (χ0n) is 10.9. The standard InChI is InChI=1S/Ir.6HNO2.3Na/c;6*2-1-3;;;/h;6*(H,2,3);;;/q+3;;;;;;;3*+1/p-6. The summed E-state index contributed by atoms with van der Waals surface area (Å²) in [4.78, 5) is 48.0. The first-order chi connectivity index (χ1) is 8.49. The molecule has 0 saturated carbocycles. The van der Waals surface area contributed by atoms with Gasteiger partial charge < -0.3 is 60.7 Å². The van der Waals surface area contributed by atoms with Crippen LogP contribution in [0.5, 0.6) is 0 Å². The van der Waals surface area contributed by atoms with Gasteiger partial charge >= 0.3 is 109 Å². The van der Waals surface area contributed by atoms with Crippen LogP contribution >= 0.6 is 0 Å². The van der Waals surface area contributed by atoms with Crippen LogP contribution in [0.25, 0.3) is 0 Å². The molecule has 0 N–H and O–H groups in total. The van der Waals surface area contributed by atoms with Crippen LogP contribution in [0.3, 0.4) is 0 Å². The maximum absolute atomic E-state index is 8.00. The molecule has 0 aliphatic rings. The van der Waals surface area contributed by atoms with E-state index in [4.69, 9.17) is 60.7 Å². The van der Waals surface area contributed by atoms with E-state index < -0.39 is 0 Å². The maximum Gasteiger partial charge on any atom is 3.00 e. The fourth-order valence-corrected chi connectivity index (χ4v) is 0. The Labute approximate surface area is 199 Å². The van der Waals surface area contributed by atoms with Crippen LogP contribution in [0.2, 0.25) is 0 Å². The van der Waals surface area contributed by atoms with E-state index in [0.29, 0.717) is 0 Å². The second kappa shape index (κ2) is 231. The summed E-state index contributed by atoms with van der Waals surface area (Å²) >= 11 is 0. The Morgan fingerprint density at radius 3 is 0.364 bits per heavy atom. The van der Waals surface area contributed by atoms with E-state index in [1.54, 1.807) is 0 Å². The Kier molecular flexibility index (Phi) is 707. The molecule has 0 unspecified atom stereocenters. The second-order valence-electron chi connectivity index (χ2n) is 0.447. The van der Waals surface area contributed by atoms with E-state index in [1.807, 2.05) is 0 Å². The Hall–Kier alpha value is 0.0494. The van der Waals surface area contributed by atoms with Crippen molar-refractivity contribution in [3.8, 4) is 0 Å². The molecule has 0 saturated heterocycles. The summed E-state index contributed by atoms with van der Waals surface area (Å²) in [7, 11) is 0. The SMILES string of the molecule is O=N[O-].O=N[O-].O=N[O-].O=N[O-].O=N[O-].O=N[O-].[Ir+3].[Na+].[Na+].[Na+]. The third-order valence-electron chi connectivity index (χ3n) is 0. The van der Waals surface area contributed by atoms with E-state index in [-0.39, 0.29) is 109 Å². The smallest absolute Gasteiger partial charge is 0.444 e. The third-order valence-corrected chi connectivity index (χ3v) is 0. The van der Waals surface area contributed by atoms with Crippen LogP contribution in [0.15, 0.2) is 32.0 Å². The quantitative estimate of drug-likeness (QED) is 0.158. The largest absolute Gasteiger partial charge is 3.00 e. The van der Waals surface area contributed by atoms with Crippen LogP contribution < -0.4 is 88.7 Å². The van der Waals surface area contributed by atoms with Crippen LogP contribution in [0.4, 0.5) is 0 Å². The molecule has 114 valence electrons. The molecule has 22 heteroatoms. The van der Waals surface area contributed by atoms with Gasteiger partial charge in [0.2, 0.25) is 0 Å². The molecule has 0 atom stereocenters. The summed E-state index contributed by atoms with van der Waals surface area (Å²) in [5.74, 6) is 0. The summed E-state index contributed by atoms with van der Waals surface area (Å²) in [5.41, 5.74) is 0. The van der Waals surface area contributed by atoms with Crippen LogP contribution in [-0.4, -0.2) is 0 Å². The molecule has 0 aliphatic carbocycles. The van der Waals surface area contributed by atoms with Gasteiger partial charge in [-0.1, -0.05) is 0 Å². The molecule has 0 bridgehead atoms. The summed E-state index contributed by atoms with van der Waals surface area (Å²) in [5, 5.41) is 54.0. The average Bonchev–Trinajstić information content (AvgIpc) is 2.23. The molecular formula is IrN6Na3O12. The normalized spacial score (nSPS) is 3.27. The van der Waals surface area contributed by atoms with Gasteiger partial charge in [0.1, 0.15) is 0 Å². The van der Waals surface area contributed by atoms with Crippen LogP contribution in [0, 0.1) is 60.7 Å². The molecule has 0 aliphatic heterocycles. The average molecular weight is 537 g/mol. The molecule has 0 rings (SSSR count). The Bertz CT molecular complexity index is 126. The number of nitrogens with zero attached hydrogens (tertiary/aromatic N) is 6. The van der Waals surface area contributed by atoms with E-state index in [9.17, 15) is 0 Å². The van der Waals surface area contributed by atoms with Crippen LogP contribution in [0.1, 0.15) is 0 Å². The Balaban J connectivity index is -0.00000000947. The Morgan fingerprint density at radius 2 is 0.364 bits per heavy atom. The van der Waals surface area contributed by atoms with Gasteiger partial charge in [0, 0.05) is 0 Å². The fraction of sp³-hybridized carbons (Fsp3) is 0. The van der Waals surface area contributed by atoms with Crippen molar-refractivity contribution in [2.24, 2.45) is 32.0 Å².